The molecular weight excluding hydrogens is 394 g/mol. The van der Waals surface area contributed by atoms with E-state index in [0.717, 1.165) is 54.4 Å². The molecule has 0 radical (unpaired) electrons. The number of benzene rings is 1. The monoisotopic (exact) mass is 421 g/mol. The topological polar surface area (TPSA) is 97.3 Å². The molecule has 1 aliphatic heterocycles. The summed E-state index contributed by atoms with van der Waals surface area (Å²) in [5.74, 6) is 1.05. The Kier molecular flexibility index (Phi) is 6.04. The highest BCUT2D eigenvalue weighted by Gasteiger charge is 2.28. The molecule has 0 unspecified atom stereocenters. The Morgan fingerprint density at radius 2 is 1.81 bits per heavy atom. The van der Waals surface area contributed by atoms with Crippen LogP contribution in [-0.2, 0) is 9.53 Å². The predicted molar refractivity (Wildman–Crippen MR) is 117 cm³/mol. The Bertz CT molecular complexity index is 1020. The molecule has 2 aromatic heterocycles. The van der Waals surface area contributed by atoms with Crippen LogP contribution in [0.15, 0.2) is 48.8 Å². The van der Waals surface area contributed by atoms with Crippen LogP contribution in [0.3, 0.4) is 0 Å². The highest BCUT2D eigenvalue weighted by atomic mass is 16.5. The number of aromatic nitrogens is 3. The first-order chi connectivity index (χ1) is 14.9. The number of hydrogen-bond acceptors (Lipinski definition) is 5. The molecule has 0 amide bonds. The number of hydrogen-bond donors (Lipinski definition) is 2. The van der Waals surface area contributed by atoms with Gasteiger partial charge in [0.05, 0.1) is 11.1 Å². The fraction of sp³-hybridized carbons (Fsp3) is 0.375. The number of H-pyrrole nitrogens is 1. The van der Waals surface area contributed by atoms with E-state index in [1.807, 2.05) is 48.8 Å². The highest BCUT2D eigenvalue weighted by molar-refractivity contribution is 5.73. The second kappa shape index (κ2) is 8.89. The maximum atomic E-state index is 11.2. The molecule has 3 heterocycles. The van der Waals surface area contributed by atoms with E-state index in [1.165, 1.54) is 0 Å². The lowest BCUT2D eigenvalue weighted by atomic mass is 9.95. The van der Waals surface area contributed by atoms with Crippen molar-refractivity contribution in [3.63, 3.8) is 0 Å². The highest BCUT2D eigenvalue weighted by Crippen LogP contribution is 2.28. The molecule has 1 aromatic carbocycles. The molecule has 0 saturated carbocycles. The number of rotatable bonds is 7. The lowest BCUT2D eigenvalue weighted by Gasteiger charge is -2.20. The van der Waals surface area contributed by atoms with E-state index >= 15 is 0 Å². The number of carboxylic acids is 1. The standard InChI is InChI=1S/C24H27N3O4/c1-24(2,23(28)29)15-31-19-6-3-16(4-7-19)20-8-5-18(13-25-20)22-26-14-21(27-22)17-9-11-30-12-10-17/h3-8,13-14,17H,9-12,15H2,1-2H3,(H,26,27)(H,28,29). The largest absolute Gasteiger partial charge is 0.492 e. The van der Waals surface area contributed by atoms with E-state index < -0.39 is 11.4 Å². The average molecular weight is 421 g/mol. The molecular formula is C24H27N3O4. The Hall–Kier alpha value is -3.19. The maximum absolute atomic E-state index is 11.2. The van der Waals surface area contributed by atoms with E-state index in [4.69, 9.17) is 9.47 Å². The van der Waals surface area contributed by atoms with Crippen LogP contribution >= 0.6 is 0 Å². The van der Waals surface area contributed by atoms with Gasteiger partial charge in [-0.1, -0.05) is 0 Å². The maximum Gasteiger partial charge on any atom is 0.312 e. The zero-order valence-corrected chi connectivity index (χ0v) is 17.8. The number of aliphatic carboxylic acids is 1. The van der Waals surface area contributed by atoms with Gasteiger partial charge < -0.3 is 19.6 Å². The van der Waals surface area contributed by atoms with Crippen molar-refractivity contribution < 1.29 is 19.4 Å². The number of nitrogens with zero attached hydrogens (tertiary/aromatic N) is 2. The summed E-state index contributed by atoms with van der Waals surface area (Å²) in [6, 6.07) is 11.5. The van der Waals surface area contributed by atoms with Crippen LogP contribution in [-0.4, -0.2) is 45.8 Å². The van der Waals surface area contributed by atoms with Gasteiger partial charge in [-0.25, -0.2) is 4.98 Å². The van der Waals surface area contributed by atoms with Crippen LogP contribution in [0.2, 0.25) is 0 Å². The molecule has 0 aliphatic carbocycles. The number of ether oxygens (including phenoxy) is 2. The minimum Gasteiger partial charge on any atom is -0.492 e. The molecule has 0 bridgehead atoms. The quantitative estimate of drug-likeness (QED) is 0.582. The second-order valence-corrected chi connectivity index (χ2v) is 8.51. The first kappa shape index (κ1) is 21.1. The van der Waals surface area contributed by atoms with Gasteiger partial charge in [0.1, 0.15) is 18.2 Å². The van der Waals surface area contributed by atoms with Gasteiger partial charge in [0, 0.05) is 48.3 Å². The fourth-order valence-electron chi connectivity index (χ4n) is 3.45. The number of pyridine rings is 1. The molecule has 2 N–H and O–H groups in total. The summed E-state index contributed by atoms with van der Waals surface area (Å²) in [5.41, 5.74) is 2.96. The van der Waals surface area contributed by atoms with Gasteiger partial charge in [-0.2, -0.15) is 0 Å². The van der Waals surface area contributed by atoms with Crippen molar-refractivity contribution in [1.29, 1.82) is 0 Å². The second-order valence-electron chi connectivity index (χ2n) is 8.51. The Labute approximate surface area is 181 Å². The van der Waals surface area contributed by atoms with E-state index in [-0.39, 0.29) is 6.61 Å². The minimum atomic E-state index is -0.938. The van der Waals surface area contributed by atoms with Crippen molar-refractivity contribution in [2.75, 3.05) is 19.8 Å². The Balaban J connectivity index is 1.41. The van der Waals surface area contributed by atoms with Crippen LogP contribution < -0.4 is 4.74 Å². The molecule has 3 aromatic rings. The van der Waals surface area contributed by atoms with Gasteiger partial charge in [0.15, 0.2) is 0 Å². The van der Waals surface area contributed by atoms with Crippen molar-refractivity contribution in [3.8, 4) is 28.4 Å². The van der Waals surface area contributed by atoms with Gasteiger partial charge >= 0.3 is 5.97 Å². The molecule has 4 rings (SSSR count). The number of carbonyl (C=O) groups is 1. The minimum absolute atomic E-state index is 0.105. The van der Waals surface area contributed by atoms with Crippen LogP contribution in [0, 0.1) is 5.41 Å². The summed E-state index contributed by atoms with van der Waals surface area (Å²) in [6.45, 7) is 4.99. The van der Waals surface area contributed by atoms with E-state index in [2.05, 4.69) is 15.0 Å². The lowest BCUT2D eigenvalue weighted by Crippen LogP contribution is -2.30. The molecule has 162 valence electrons. The van der Waals surface area contributed by atoms with Crippen molar-refractivity contribution in [3.05, 3.63) is 54.5 Å². The Morgan fingerprint density at radius 3 is 2.45 bits per heavy atom. The third kappa shape index (κ3) is 4.94. The van der Waals surface area contributed by atoms with Crippen LogP contribution in [0.1, 0.15) is 38.3 Å². The van der Waals surface area contributed by atoms with Crippen molar-refractivity contribution >= 4 is 5.97 Å². The normalized spacial score (nSPS) is 15.0. The van der Waals surface area contributed by atoms with E-state index in [9.17, 15) is 9.90 Å². The molecule has 1 saturated heterocycles. The third-order valence-electron chi connectivity index (χ3n) is 5.62. The average Bonchev–Trinajstić information content (AvgIpc) is 3.29. The van der Waals surface area contributed by atoms with Crippen LogP contribution in [0.4, 0.5) is 0 Å². The summed E-state index contributed by atoms with van der Waals surface area (Å²) in [7, 11) is 0. The summed E-state index contributed by atoms with van der Waals surface area (Å²) in [5, 5.41) is 9.18. The zero-order chi connectivity index (χ0) is 21.8. The first-order valence-electron chi connectivity index (χ1n) is 10.5. The lowest BCUT2D eigenvalue weighted by molar-refractivity contribution is -0.148. The summed E-state index contributed by atoms with van der Waals surface area (Å²) in [4.78, 5) is 23.7. The smallest absolute Gasteiger partial charge is 0.312 e. The summed E-state index contributed by atoms with van der Waals surface area (Å²) >= 11 is 0. The molecule has 7 nitrogen and oxygen atoms in total. The van der Waals surface area contributed by atoms with Gasteiger partial charge in [-0.05, 0) is 63.1 Å². The number of aromatic amines is 1. The molecule has 31 heavy (non-hydrogen) atoms. The summed E-state index contributed by atoms with van der Waals surface area (Å²) < 4.78 is 11.1. The van der Waals surface area contributed by atoms with E-state index in [0.29, 0.717) is 11.7 Å². The molecule has 0 spiro atoms. The van der Waals surface area contributed by atoms with Crippen LogP contribution in [0.25, 0.3) is 22.6 Å². The van der Waals surface area contributed by atoms with E-state index in [1.54, 1.807) is 13.8 Å². The third-order valence-corrected chi connectivity index (χ3v) is 5.62. The Morgan fingerprint density at radius 1 is 1.10 bits per heavy atom. The first-order valence-corrected chi connectivity index (χ1v) is 10.5. The van der Waals surface area contributed by atoms with Crippen LogP contribution in [0.5, 0.6) is 5.75 Å². The molecule has 1 aliphatic rings. The number of nitrogens with one attached hydrogen (secondary N) is 1. The van der Waals surface area contributed by atoms with Crippen molar-refractivity contribution in [2.45, 2.75) is 32.6 Å². The molecule has 1 fully saturated rings. The molecule has 0 atom stereocenters. The molecule has 7 heteroatoms. The SMILES string of the molecule is CC(C)(COc1ccc(-c2ccc(-c3ncc(C4CCOCC4)[nH]3)cn2)cc1)C(=O)O. The summed E-state index contributed by atoms with van der Waals surface area (Å²) in [6.07, 6.45) is 5.78. The fourth-order valence-corrected chi connectivity index (χ4v) is 3.45. The van der Waals surface area contributed by atoms with Gasteiger partial charge in [0.2, 0.25) is 0 Å². The predicted octanol–water partition coefficient (Wildman–Crippen LogP) is 4.52. The van der Waals surface area contributed by atoms with Gasteiger partial charge in [0.25, 0.3) is 0 Å². The van der Waals surface area contributed by atoms with Gasteiger partial charge in [-0.15, -0.1) is 0 Å². The zero-order valence-electron chi connectivity index (χ0n) is 17.8. The van der Waals surface area contributed by atoms with Crippen molar-refractivity contribution in [1.82, 2.24) is 15.0 Å². The van der Waals surface area contributed by atoms with Gasteiger partial charge in [-0.3, -0.25) is 9.78 Å². The number of imidazole rings is 1. The van der Waals surface area contributed by atoms with Crippen molar-refractivity contribution in [2.24, 2.45) is 5.41 Å². The number of carboxylic acid groups (broad SMARTS) is 1.